The number of benzene rings is 1. The Labute approximate surface area is 110 Å². The highest BCUT2D eigenvalue weighted by molar-refractivity contribution is 7.81. The fraction of sp³-hybridized carbons (Fsp3) is 0.455. The lowest BCUT2D eigenvalue weighted by molar-refractivity contribution is -0.0202. The Kier molecular flexibility index (Phi) is 3.59. The average molecular weight is 295 g/mol. The maximum Gasteiger partial charge on any atom is 0.424 e. The van der Waals surface area contributed by atoms with Gasteiger partial charge in [-0.2, -0.15) is 0 Å². The number of halogens is 2. The fourth-order valence-electron chi connectivity index (χ4n) is 1.78. The van der Waals surface area contributed by atoms with Crippen molar-refractivity contribution < 1.29 is 13.6 Å². The number of hydrogen-bond donors (Lipinski definition) is 0. The van der Waals surface area contributed by atoms with Crippen LogP contribution in [0.2, 0.25) is 5.02 Å². The van der Waals surface area contributed by atoms with Gasteiger partial charge in [0.15, 0.2) is 0 Å². The summed E-state index contributed by atoms with van der Waals surface area (Å²) in [4.78, 5) is 0. The lowest BCUT2D eigenvalue weighted by Crippen LogP contribution is -2.32. The molecule has 0 aliphatic carbocycles. The van der Waals surface area contributed by atoms with Gasteiger partial charge in [0, 0.05) is 27.2 Å². The molecule has 2 rings (SSSR count). The van der Waals surface area contributed by atoms with Crippen molar-refractivity contribution in [2.24, 2.45) is 5.41 Å². The first-order valence-electron chi connectivity index (χ1n) is 5.19. The van der Waals surface area contributed by atoms with Crippen LogP contribution >= 0.6 is 29.8 Å². The summed E-state index contributed by atoms with van der Waals surface area (Å²) in [6.07, 6.45) is -0.437. The third-order valence-corrected chi connectivity index (χ3v) is 4.50. The van der Waals surface area contributed by atoms with Crippen LogP contribution in [-0.2, 0) is 13.6 Å². The maximum atomic E-state index is 11.7. The second-order valence-electron chi connectivity index (χ2n) is 4.70. The summed E-state index contributed by atoms with van der Waals surface area (Å²) in [5.74, 6) is 0. The van der Waals surface area contributed by atoms with Gasteiger partial charge in [-0.1, -0.05) is 43.6 Å². The third-order valence-electron chi connectivity index (χ3n) is 2.72. The first-order valence-corrected chi connectivity index (χ1v) is 8.01. The molecule has 1 aliphatic rings. The zero-order chi connectivity index (χ0) is 12.7. The molecule has 1 fully saturated rings. The van der Waals surface area contributed by atoms with Crippen molar-refractivity contribution in [1.82, 2.24) is 0 Å². The molecule has 1 aromatic carbocycles. The summed E-state index contributed by atoms with van der Waals surface area (Å²) in [6.45, 7) is 0.684. The van der Waals surface area contributed by atoms with Crippen LogP contribution in [0, 0.1) is 5.41 Å². The summed E-state index contributed by atoms with van der Waals surface area (Å²) in [6, 6.07) is 7.30. The number of rotatable bonds is 1. The lowest BCUT2D eigenvalue weighted by Gasteiger charge is -2.39. The van der Waals surface area contributed by atoms with Crippen molar-refractivity contribution in [2.75, 3.05) is 6.61 Å². The Bertz CT molecular complexity index is 476. The van der Waals surface area contributed by atoms with Crippen molar-refractivity contribution in [2.45, 2.75) is 20.0 Å². The normalized spacial score (nSPS) is 32.4. The van der Waals surface area contributed by atoms with Crippen LogP contribution in [0.4, 0.5) is 0 Å². The summed E-state index contributed by atoms with van der Waals surface area (Å²) < 4.78 is 22.1. The van der Waals surface area contributed by atoms with Crippen molar-refractivity contribution in [3.8, 4) is 0 Å². The molecule has 1 aliphatic heterocycles. The van der Waals surface area contributed by atoms with Crippen LogP contribution in [0.3, 0.4) is 0 Å². The van der Waals surface area contributed by atoms with E-state index in [1.807, 2.05) is 32.0 Å². The second-order valence-corrected chi connectivity index (χ2v) is 7.68. The molecule has 0 amide bonds. The van der Waals surface area contributed by atoms with Crippen molar-refractivity contribution >= 4 is 29.8 Å². The number of hydrogen-bond acceptors (Lipinski definition) is 3. The molecule has 1 heterocycles. The summed E-state index contributed by atoms with van der Waals surface area (Å²) in [7, 11) is 0. The van der Waals surface area contributed by atoms with E-state index in [2.05, 4.69) is 0 Å². The van der Waals surface area contributed by atoms with Crippen molar-refractivity contribution in [3.05, 3.63) is 34.9 Å². The molecule has 0 bridgehead atoms. The van der Waals surface area contributed by atoms with E-state index in [1.165, 1.54) is 0 Å². The van der Waals surface area contributed by atoms with Crippen molar-refractivity contribution in [3.63, 3.8) is 0 Å². The monoisotopic (exact) mass is 294 g/mol. The molecule has 6 heteroatoms. The van der Waals surface area contributed by atoms with Crippen LogP contribution in [0.5, 0.6) is 0 Å². The van der Waals surface area contributed by atoms with Gasteiger partial charge in [-0.3, -0.25) is 9.05 Å². The Morgan fingerprint density at radius 1 is 1.41 bits per heavy atom. The minimum Gasteiger partial charge on any atom is -0.296 e. The average Bonchev–Trinajstić information content (AvgIpc) is 2.23. The molecule has 1 saturated heterocycles. The van der Waals surface area contributed by atoms with Gasteiger partial charge in [0.1, 0.15) is 6.10 Å². The highest BCUT2D eigenvalue weighted by Crippen LogP contribution is 2.64. The summed E-state index contributed by atoms with van der Waals surface area (Å²) in [5, 5.41) is 0.573. The van der Waals surface area contributed by atoms with E-state index in [9.17, 15) is 4.57 Å². The van der Waals surface area contributed by atoms with E-state index in [-0.39, 0.29) is 12.0 Å². The second kappa shape index (κ2) is 4.56. The maximum absolute atomic E-state index is 11.7. The van der Waals surface area contributed by atoms with Crippen LogP contribution in [0.25, 0.3) is 0 Å². The Morgan fingerprint density at radius 3 is 2.71 bits per heavy atom. The third kappa shape index (κ3) is 2.86. The van der Waals surface area contributed by atoms with E-state index < -0.39 is 13.1 Å². The van der Waals surface area contributed by atoms with Crippen LogP contribution < -0.4 is 0 Å². The molecule has 0 N–H and O–H groups in total. The van der Waals surface area contributed by atoms with E-state index >= 15 is 0 Å². The van der Waals surface area contributed by atoms with E-state index in [0.29, 0.717) is 5.02 Å². The molecule has 1 unspecified atom stereocenters. The van der Waals surface area contributed by atoms with E-state index in [0.717, 1.165) is 5.56 Å². The molecule has 0 radical (unpaired) electrons. The van der Waals surface area contributed by atoms with Gasteiger partial charge < -0.3 is 0 Å². The molecular formula is C11H13Cl2O3P. The van der Waals surface area contributed by atoms with Gasteiger partial charge in [0.05, 0.1) is 6.61 Å². The molecule has 2 atom stereocenters. The highest BCUT2D eigenvalue weighted by atomic mass is 35.7. The fourth-order valence-corrected chi connectivity index (χ4v) is 3.60. The molecule has 0 saturated carbocycles. The molecule has 3 nitrogen and oxygen atoms in total. The highest BCUT2D eigenvalue weighted by Gasteiger charge is 2.44. The molecule has 0 spiro atoms. The first-order chi connectivity index (χ1) is 7.82. The predicted molar refractivity (Wildman–Crippen MR) is 68.5 cm³/mol. The first kappa shape index (κ1) is 13.4. The standard InChI is InChI=1S/C11H13Cl2O3P/c1-11(2)7-15-17(13,14)16-10(11)8-5-3-4-6-9(8)12/h3-6,10H,7H2,1-2H3/t10?,17-/m1/s1. The van der Waals surface area contributed by atoms with Gasteiger partial charge in [0.25, 0.3) is 0 Å². The Hall–Kier alpha value is -0.0500. The largest absolute Gasteiger partial charge is 0.424 e. The predicted octanol–water partition coefficient (Wildman–Crippen LogP) is 4.80. The zero-order valence-electron chi connectivity index (χ0n) is 9.52. The lowest BCUT2D eigenvalue weighted by atomic mass is 9.83. The smallest absolute Gasteiger partial charge is 0.296 e. The molecule has 94 valence electrons. The molecule has 17 heavy (non-hydrogen) atoms. The SMILES string of the molecule is CC1(C)CO[P@](=O)(Cl)OC1c1ccccc1Cl. The van der Waals surface area contributed by atoms with Gasteiger partial charge in [-0.05, 0) is 6.07 Å². The minimum atomic E-state index is -3.49. The summed E-state index contributed by atoms with van der Waals surface area (Å²) >= 11 is 11.8. The van der Waals surface area contributed by atoms with E-state index in [4.69, 9.17) is 31.9 Å². The van der Waals surface area contributed by atoms with E-state index in [1.54, 1.807) is 6.07 Å². The van der Waals surface area contributed by atoms with Gasteiger partial charge in [0.2, 0.25) is 0 Å². The van der Waals surface area contributed by atoms with Crippen LogP contribution in [0.15, 0.2) is 24.3 Å². The van der Waals surface area contributed by atoms with Gasteiger partial charge in [-0.15, -0.1) is 0 Å². The Morgan fingerprint density at radius 2 is 2.06 bits per heavy atom. The van der Waals surface area contributed by atoms with Crippen LogP contribution in [-0.4, -0.2) is 6.61 Å². The van der Waals surface area contributed by atoms with Gasteiger partial charge >= 0.3 is 6.95 Å². The zero-order valence-corrected chi connectivity index (χ0v) is 11.9. The Balaban J connectivity index is 2.41. The van der Waals surface area contributed by atoms with Gasteiger partial charge in [-0.25, -0.2) is 4.57 Å². The molecular weight excluding hydrogens is 282 g/mol. The molecule has 0 aromatic heterocycles. The quantitative estimate of drug-likeness (QED) is 0.698. The molecule has 1 aromatic rings. The topological polar surface area (TPSA) is 35.5 Å². The minimum absolute atomic E-state index is 0.268. The summed E-state index contributed by atoms with van der Waals surface area (Å²) in [5.41, 5.74) is 0.441. The van der Waals surface area contributed by atoms with Crippen molar-refractivity contribution in [1.29, 1.82) is 0 Å². The van der Waals surface area contributed by atoms with Crippen LogP contribution in [0.1, 0.15) is 25.5 Å².